The summed E-state index contributed by atoms with van der Waals surface area (Å²) in [7, 11) is 0. The normalized spacial score (nSPS) is 11.8. The topological polar surface area (TPSA) is 56.3 Å². The van der Waals surface area contributed by atoms with Crippen molar-refractivity contribution in [2.24, 2.45) is 0 Å². The molecule has 0 aliphatic heterocycles. The van der Waals surface area contributed by atoms with Crippen LogP contribution in [0.4, 0.5) is 0 Å². The van der Waals surface area contributed by atoms with Gasteiger partial charge in [0.2, 0.25) is 5.78 Å². The van der Waals surface area contributed by atoms with E-state index in [1.165, 1.54) is 12.3 Å². The summed E-state index contributed by atoms with van der Waals surface area (Å²) in [5.74, 6) is -0.851. The molecule has 0 aliphatic carbocycles. The molecule has 21 heavy (non-hydrogen) atoms. The van der Waals surface area contributed by atoms with Gasteiger partial charge in [-0.25, -0.2) is 9.78 Å². The lowest BCUT2D eigenvalue weighted by molar-refractivity contribution is 0.0313. The van der Waals surface area contributed by atoms with E-state index >= 15 is 0 Å². The van der Waals surface area contributed by atoms with Crippen LogP contribution in [0.5, 0.6) is 0 Å². The smallest absolute Gasteiger partial charge is 0.357 e. The number of Topliss-reactive ketones (excluding diaryl/α,β-unsaturated/α-hetero) is 1. The first-order chi connectivity index (χ1) is 9.97. The van der Waals surface area contributed by atoms with Gasteiger partial charge in [-0.1, -0.05) is 29.8 Å². The molecule has 0 spiro atoms. The van der Waals surface area contributed by atoms with Crippen LogP contribution < -0.4 is 0 Å². The number of aryl methyl sites for hydroxylation is 1. The highest BCUT2D eigenvalue weighted by Gasteiger charge is 2.20. The molecule has 4 nitrogen and oxygen atoms in total. The van der Waals surface area contributed by atoms with Crippen LogP contribution in [0.15, 0.2) is 47.1 Å². The number of carbonyl (C=O) groups is 2. The van der Waals surface area contributed by atoms with Gasteiger partial charge in [0.05, 0.1) is 0 Å². The second kappa shape index (κ2) is 6.63. The molecule has 0 bridgehead atoms. The van der Waals surface area contributed by atoms with Gasteiger partial charge in [-0.05, 0) is 41.9 Å². The summed E-state index contributed by atoms with van der Waals surface area (Å²) in [5.41, 5.74) is 1.75. The largest absolute Gasteiger partial charge is 0.450 e. The van der Waals surface area contributed by atoms with E-state index in [-0.39, 0.29) is 11.5 Å². The molecule has 0 fully saturated rings. The highest BCUT2D eigenvalue weighted by Crippen LogP contribution is 2.12. The first-order valence-corrected chi connectivity index (χ1v) is 7.20. The Morgan fingerprint density at radius 3 is 2.38 bits per heavy atom. The number of esters is 1. The third-order valence-electron chi connectivity index (χ3n) is 2.93. The SMILES string of the molecule is Cc1ccc(C(=O)C(C)OC(=O)c2ccc(Br)cn2)cc1. The predicted octanol–water partition coefficient (Wildman–Crippen LogP) is 3.58. The van der Waals surface area contributed by atoms with Crippen LogP contribution in [-0.4, -0.2) is 22.8 Å². The van der Waals surface area contributed by atoms with Crippen LogP contribution in [0.1, 0.15) is 33.3 Å². The molecule has 0 N–H and O–H groups in total. The van der Waals surface area contributed by atoms with Crippen molar-refractivity contribution < 1.29 is 14.3 Å². The van der Waals surface area contributed by atoms with E-state index in [4.69, 9.17) is 4.74 Å². The van der Waals surface area contributed by atoms with Gasteiger partial charge in [0.15, 0.2) is 6.10 Å². The van der Waals surface area contributed by atoms with Crippen LogP contribution >= 0.6 is 15.9 Å². The average Bonchev–Trinajstić information content (AvgIpc) is 2.47. The number of nitrogens with zero attached hydrogens (tertiary/aromatic N) is 1. The summed E-state index contributed by atoms with van der Waals surface area (Å²) in [5, 5.41) is 0. The molecule has 0 saturated heterocycles. The number of benzene rings is 1. The maximum absolute atomic E-state index is 12.2. The second-order valence-corrected chi connectivity index (χ2v) is 5.56. The van der Waals surface area contributed by atoms with Crippen LogP contribution in [-0.2, 0) is 4.74 Å². The lowest BCUT2D eigenvalue weighted by atomic mass is 10.1. The standard InChI is InChI=1S/C16H14BrNO3/c1-10-3-5-12(6-4-10)15(19)11(2)21-16(20)14-8-7-13(17)9-18-14/h3-9,11H,1-2H3. The van der Waals surface area contributed by atoms with Crippen LogP contribution in [0.25, 0.3) is 0 Å². The first kappa shape index (κ1) is 15.4. The van der Waals surface area contributed by atoms with Gasteiger partial charge >= 0.3 is 5.97 Å². The van der Waals surface area contributed by atoms with Crippen molar-refractivity contribution in [3.05, 3.63) is 63.9 Å². The summed E-state index contributed by atoms with van der Waals surface area (Å²) in [4.78, 5) is 28.0. The lowest BCUT2D eigenvalue weighted by Crippen LogP contribution is -2.24. The first-order valence-electron chi connectivity index (χ1n) is 6.41. The summed E-state index contributed by atoms with van der Waals surface area (Å²) >= 11 is 3.24. The van der Waals surface area contributed by atoms with E-state index in [0.29, 0.717) is 5.56 Å². The Bertz CT molecular complexity index is 650. The van der Waals surface area contributed by atoms with Crippen LogP contribution in [0, 0.1) is 6.92 Å². The summed E-state index contributed by atoms with van der Waals surface area (Å²) in [6.45, 7) is 3.50. The molecule has 1 atom stereocenters. The monoisotopic (exact) mass is 347 g/mol. The van der Waals surface area contributed by atoms with Gasteiger partial charge in [0.25, 0.3) is 0 Å². The maximum Gasteiger partial charge on any atom is 0.357 e. The molecule has 0 radical (unpaired) electrons. The van der Waals surface area contributed by atoms with Crippen LogP contribution in [0.3, 0.4) is 0 Å². The molecule has 0 saturated carbocycles. The Morgan fingerprint density at radius 1 is 1.14 bits per heavy atom. The van der Waals surface area contributed by atoms with Crippen molar-refractivity contribution in [3.63, 3.8) is 0 Å². The molecule has 5 heteroatoms. The van der Waals surface area contributed by atoms with E-state index < -0.39 is 12.1 Å². The Hall–Kier alpha value is -2.01. The molecular weight excluding hydrogens is 334 g/mol. The molecule has 1 heterocycles. The van der Waals surface area contributed by atoms with Gasteiger partial charge in [-0.15, -0.1) is 0 Å². The number of carbonyl (C=O) groups excluding carboxylic acids is 2. The number of hydrogen-bond donors (Lipinski definition) is 0. The summed E-state index contributed by atoms with van der Waals surface area (Å²) < 4.78 is 5.92. The zero-order chi connectivity index (χ0) is 15.4. The predicted molar refractivity (Wildman–Crippen MR) is 82.3 cm³/mol. The summed E-state index contributed by atoms with van der Waals surface area (Å²) in [6, 6.07) is 10.4. The van der Waals surface area contributed by atoms with Crippen molar-refractivity contribution in [1.29, 1.82) is 0 Å². The lowest BCUT2D eigenvalue weighted by Gasteiger charge is -2.12. The minimum Gasteiger partial charge on any atom is -0.450 e. The number of ether oxygens (including phenoxy) is 1. The fraction of sp³-hybridized carbons (Fsp3) is 0.188. The van der Waals surface area contributed by atoms with Gasteiger partial charge in [0, 0.05) is 16.2 Å². The van der Waals surface area contributed by atoms with Gasteiger partial charge in [-0.2, -0.15) is 0 Å². The Morgan fingerprint density at radius 2 is 1.81 bits per heavy atom. The quantitative estimate of drug-likeness (QED) is 0.626. The van der Waals surface area contributed by atoms with E-state index in [1.807, 2.05) is 19.1 Å². The molecule has 0 amide bonds. The maximum atomic E-state index is 12.2. The number of rotatable bonds is 4. The van der Waals surface area contributed by atoms with E-state index in [9.17, 15) is 9.59 Å². The molecule has 108 valence electrons. The number of pyridine rings is 1. The second-order valence-electron chi connectivity index (χ2n) is 4.64. The Labute approximate surface area is 131 Å². The fourth-order valence-corrected chi connectivity index (χ4v) is 1.96. The number of halogens is 1. The fourth-order valence-electron chi connectivity index (χ4n) is 1.72. The van der Waals surface area contributed by atoms with Gasteiger partial charge in [-0.3, -0.25) is 4.79 Å². The van der Waals surface area contributed by atoms with Crippen molar-refractivity contribution in [3.8, 4) is 0 Å². The molecule has 1 unspecified atom stereocenters. The summed E-state index contributed by atoms with van der Waals surface area (Å²) in [6.07, 6.45) is 0.647. The Kier molecular flexibility index (Phi) is 4.85. The minimum absolute atomic E-state index is 0.168. The zero-order valence-electron chi connectivity index (χ0n) is 11.7. The van der Waals surface area contributed by atoms with Crippen LogP contribution in [0.2, 0.25) is 0 Å². The Balaban J connectivity index is 2.05. The number of aromatic nitrogens is 1. The molecule has 1 aromatic heterocycles. The van der Waals surface area contributed by atoms with Crippen molar-refractivity contribution in [1.82, 2.24) is 4.98 Å². The highest BCUT2D eigenvalue weighted by molar-refractivity contribution is 9.10. The number of ketones is 1. The van der Waals surface area contributed by atoms with E-state index in [1.54, 1.807) is 25.1 Å². The molecule has 0 aliphatic rings. The molecule has 2 aromatic rings. The zero-order valence-corrected chi connectivity index (χ0v) is 13.3. The third-order valence-corrected chi connectivity index (χ3v) is 3.39. The van der Waals surface area contributed by atoms with Gasteiger partial charge in [0.1, 0.15) is 5.69 Å². The minimum atomic E-state index is -0.856. The van der Waals surface area contributed by atoms with Gasteiger partial charge < -0.3 is 4.74 Å². The van der Waals surface area contributed by atoms with E-state index in [0.717, 1.165) is 10.0 Å². The van der Waals surface area contributed by atoms with Crippen molar-refractivity contribution in [2.75, 3.05) is 0 Å². The highest BCUT2D eigenvalue weighted by atomic mass is 79.9. The van der Waals surface area contributed by atoms with Crippen molar-refractivity contribution >= 4 is 27.7 Å². The third kappa shape index (κ3) is 3.98. The molecule has 1 aromatic carbocycles. The molecular formula is C16H14BrNO3. The molecule has 2 rings (SSSR count). The van der Waals surface area contributed by atoms with E-state index in [2.05, 4.69) is 20.9 Å². The number of hydrogen-bond acceptors (Lipinski definition) is 4. The average molecular weight is 348 g/mol. The van der Waals surface area contributed by atoms with Crippen molar-refractivity contribution in [2.45, 2.75) is 20.0 Å².